The van der Waals surface area contributed by atoms with Gasteiger partial charge in [0.15, 0.2) is 11.5 Å². The number of hydrogen-bond donors (Lipinski definition) is 1. The third-order valence-corrected chi connectivity index (χ3v) is 6.00. The van der Waals surface area contributed by atoms with E-state index in [1.165, 1.54) is 0 Å². The number of methoxy groups -OCH3 is 1. The highest BCUT2D eigenvalue weighted by molar-refractivity contribution is 5.92. The summed E-state index contributed by atoms with van der Waals surface area (Å²) in [5.74, 6) is -1.02. The van der Waals surface area contributed by atoms with Gasteiger partial charge in [0, 0.05) is 58.5 Å². The molecule has 0 aromatic carbocycles. The lowest BCUT2D eigenvalue weighted by atomic mass is 9.92. The Labute approximate surface area is 210 Å². The fourth-order valence-electron chi connectivity index (χ4n) is 3.95. The Bertz CT molecular complexity index is 1230. The summed E-state index contributed by atoms with van der Waals surface area (Å²) in [6.07, 6.45) is -1.54. The summed E-state index contributed by atoms with van der Waals surface area (Å²) in [7, 11) is 5.71. The molecule has 0 bridgehead atoms. The Morgan fingerprint density at radius 2 is 1.92 bits per heavy atom. The largest absolute Gasteiger partial charge is 0.490 e. The Balaban J connectivity index is 0.000000479. The second-order valence-electron chi connectivity index (χ2n) is 8.70. The van der Waals surface area contributed by atoms with Crippen LogP contribution in [0.15, 0.2) is 23.0 Å². The van der Waals surface area contributed by atoms with Gasteiger partial charge in [-0.25, -0.2) is 14.8 Å². The normalized spacial score (nSPS) is 14.4. The van der Waals surface area contributed by atoms with Gasteiger partial charge in [0.1, 0.15) is 11.3 Å². The SMILES string of the molecule is COCCN(C)c1nc(C2CCN(C(=O)c3cc(C)on3)CC2)cc2c1ncn2C.O=C(O)C(F)(F)F. The van der Waals surface area contributed by atoms with Gasteiger partial charge in [0.25, 0.3) is 5.91 Å². The van der Waals surface area contributed by atoms with E-state index in [2.05, 4.69) is 21.1 Å². The van der Waals surface area contributed by atoms with Crippen molar-refractivity contribution in [2.24, 2.45) is 7.05 Å². The number of alkyl halides is 3. The van der Waals surface area contributed by atoms with Gasteiger partial charge in [-0.1, -0.05) is 5.16 Å². The molecular formula is C23H29F3N6O5. The number of aliphatic carboxylic acids is 1. The Kier molecular flexibility index (Phi) is 8.73. The van der Waals surface area contributed by atoms with E-state index in [0.29, 0.717) is 37.1 Å². The number of carbonyl (C=O) groups excluding carboxylic acids is 1. The average Bonchev–Trinajstić information content (AvgIpc) is 3.47. The van der Waals surface area contributed by atoms with Crippen LogP contribution in [0.4, 0.5) is 19.0 Å². The molecule has 0 spiro atoms. The van der Waals surface area contributed by atoms with Crippen LogP contribution in [0.2, 0.25) is 0 Å². The maximum atomic E-state index is 12.6. The highest BCUT2D eigenvalue weighted by atomic mass is 19.4. The first-order valence-electron chi connectivity index (χ1n) is 11.5. The van der Waals surface area contributed by atoms with Gasteiger partial charge >= 0.3 is 12.1 Å². The number of carboxylic acid groups (broad SMARTS) is 1. The van der Waals surface area contributed by atoms with Crippen LogP contribution in [0.5, 0.6) is 0 Å². The smallest absolute Gasteiger partial charge is 0.475 e. The van der Waals surface area contributed by atoms with Gasteiger partial charge < -0.3 is 28.7 Å². The van der Waals surface area contributed by atoms with Gasteiger partial charge in [-0.05, 0) is 25.8 Å². The van der Waals surface area contributed by atoms with Crippen molar-refractivity contribution >= 4 is 28.7 Å². The maximum absolute atomic E-state index is 12.6. The summed E-state index contributed by atoms with van der Waals surface area (Å²) in [5.41, 5.74) is 3.39. The van der Waals surface area contributed by atoms with Gasteiger partial charge in [-0.3, -0.25) is 4.79 Å². The van der Waals surface area contributed by atoms with Gasteiger partial charge in [-0.2, -0.15) is 13.2 Å². The minimum Gasteiger partial charge on any atom is -0.475 e. The number of carbonyl (C=O) groups is 2. The van der Waals surface area contributed by atoms with Crippen molar-refractivity contribution in [2.45, 2.75) is 31.9 Å². The molecule has 0 unspecified atom stereocenters. The van der Waals surface area contributed by atoms with Crippen LogP contribution in [-0.2, 0) is 16.6 Å². The number of anilines is 1. The zero-order valence-electron chi connectivity index (χ0n) is 20.9. The number of piperidine rings is 1. The number of carboxylic acids is 1. The monoisotopic (exact) mass is 526 g/mol. The molecule has 4 heterocycles. The van der Waals surface area contributed by atoms with Crippen LogP contribution in [0.25, 0.3) is 11.0 Å². The van der Waals surface area contributed by atoms with Crippen molar-refractivity contribution in [2.75, 3.05) is 45.3 Å². The first-order chi connectivity index (χ1) is 17.4. The molecule has 14 heteroatoms. The molecule has 3 aromatic heterocycles. The lowest BCUT2D eigenvalue weighted by Crippen LogP contribution is -2.38. The van der Waals surface area contributed by atoms with Crippen LogP contribution in [0.1, 0.15) is 40.7 Å². The summed E-state index contributed by atoms with van der Waals surface area (Å²) in [6, 6.07) is 3.83. The number of hydrogen-bond acceptors (Lipinski definition) is 8. The quantitative estimate of drug-likeness (QED) is 0.516. The summed E-state index contributed by atoms with van der Waals surface area (Å²) in [6.45, 7) is 4.50. The number of ether oxygens (including phenoxy) is 1. The molecule has 11 nitrogen and oxygen atoms in total. The zero-order valence-corrected chi connectivity index (χ0v) is 20.9. The first kappa shape index (κ1) is 27.9. The molecule has 1 N–H and O–H groups in total. The number of likely N-dealkylation sites (tertiary alicyclic amines) is 1. The van der Waals surface area contributed by atoms with E-state index in [9.17, 15) is 18.0 Å². The standard InChI is InChI=1S/C21H28N6O3.C2HF3O2/c1-14-11-17(24-30-14)21(28)27-7-5-15(6-8-27)16-12-18-19(22-13-26(18)3)20(23-16)25(2)9-10-29-4;3-2(4,5)1(6)7/h11-13,15H,5-10H2,1-4H3;(H,6,7). The lowest BCUT2D eigenvalue weighted by Gasteiger charge is -2.31. The lowest BCUT2D eigenvalue weighted by molar-refractivity contribution is -0.192. The van der Waals surface area contributed by atoms with Crippen LogP contribution >= 0.6 is 0 Å². The molecule has 4 rings (SSSR count). The van der Waals surface area contributed by atoms with Crippen molar-refractivity contribution < 1.29 is 37.1 Å². The molecular weight excluding hydrogens is 497 g/mol. The minimum atomic E-state index is -5.08. The predicted molar refractivity (Wildman–Crippen MR) is 126 cm³/mol. The summed E-state index contributed by atoms with van der Waals surface area (Å²) in [5, 5.41) is 11.0. The first-order valence-corrected chi connectivity index (χ1v) is 11.5. The number of amides is 1. The molecule has 1 amide bonds. The maximum Gasteiger partial charge on any atom is 0.490 e. The summed E-state index contributed by atoms with van der Waals surface area (Å²) >= 11 is 0. The van der Waals surface area contributed by atoms with E-state index in [4.69, 9.17) is 24.1 Å². The van der Waals surface area contributed by atoms with E-state index < -0.39 is 12.1 Å². The number of halogens is 3. The molecule has 0 aliphatic carbocycles. The Hall–Kier alpha value is -3.68. The van der Waals surface area contributed by atoms with Crippen molar-refractivity contribution in [1.29, 1.82) is 0 Å². The number of rotatable bonds is 6. The van der Waals surface area contributed by atoms with Gasteiger partial charge in [0.05, 0.1) is 18.5 Å². The fourth-order valence-corrected chi connectivity index (χ4v) is 3.95. The molecule has 0 saturated carbocycles. The van der Waals surface area contributed by atoms with Crippen LogP contribution < -0.4 is 4.90 Å². The number of fused-ring (bicyclic) bond motifs is 1. The zero-order chi connectivity index (χ0) is 27.3. The number of imidazole rings is 1. The second-order valence-corrected chi connectivity index (χ2v) is 8.70. The Morgan fingerprint density at radius 1 is 1.27 bits per heavy atom. The molecule has 202 valence electrons. The molecule has 3 aromatic rings. The number of aromatic nitrogens is 4. The second kappa shape index (κ2) is 11.6. The van der Waals surface area contributed by atoms with E-state index in [1.807, 2.05) is 29.9 Å². The van der Waals surface area contributed by atoms with E-state index >= 15 is 0 Å². The van der Waals surface area contributed by atoms with Crippen molar-refractivity contribution in [3.63, 3.8) is 0 Å². The molecule has 1 saturated heterocycles. The molecule has 37 heavy (non-hydrogen) atoms. The van der Waals surface area contributed by atoms with Crippen molar-refractivity contribution in [1.82, 2.24) is 24.6 Å². The number of nitrogens with zero attached hydrogens (tertiary/aromatic N) is 6. The number of aryl methyl sites for hydroxylation is 2. The topological polar surface area (TPSA) is 127 Å². The van der Waals surface area contributed by atoms with Crippen molar-refractivity contribution in [3.05, 3.63) is 35.6 Å². The molecule has 0 atom stereocenters. The van der Waals surface area contributed by atoms with E-state index in [0.717, 1.165) is 41.9 Å². The van der Waals surface area contributed by atoms with Crippen LogP contribution in [0.3, 0.4) is 0 Å². The van der Waals surface area contributed by atoms with E-state index in [-0.39, 0.29) is 5.91 Å². The molecule has 0 radical (unpaired) electrons. The highest BCUT2D eigenvalue weighted by Crippen LogP contribution is 2.32. The summed E-state index contributed by atoms with van der Waals surface area (Å²) < 4.78 is 44.0. The minimum absolute atomic E-state index is 0.0691. The highest BCUT2D eigenvalue weighted by Gasteiger charge is 2.38. The number of likely N-dealkylation sites (N-methyl/N-ethyl adjacent to an activating group) is 1. The predicted octanol–water partition coefficient (Wildman–Crippen LogP) is 3.00. The third kappa shape index (κ3) is 6.76. The van der Waals surface area contributed by atoms with Crippen LogP contribution in [0, 0.1) is 6.92 Å². The fraction of sp³-hybridized carbons (Fsp3) is 0.522. The molecule has 1 aliphatic rings. The molecule has 1 fully saturated rings. The average molecular weight is 527 g/mol. The van der Waals surface area contributed by atoms with Crippen molar-refractivity contribution in [3.8, 4) is 0 Å². The summed E-state index contributed by atoms with van der Waals surface area (Å²) in [4.78, 5) is 35.0. The van der Waals surface area contributed by atoms with Gasteiger partial charge in [-0.15, -0.1) is 0 Å². The Morgan fingerprint density at radius 3 is 2.46 bits per heavy atom. The van der Waals surface area contributed by atoms with Gasteiger partial charge in [0.2, 0.25) is 0 Å². The third-order valence-electron chi connectivity index (χ3n) is 6.00. The van der Waals surface area contributed by atoms with E-state index in [1.54, 1.807) is 20.1 Å². The number of pyridine rings is 1. The van der Waals surface area contributed by atoms with Crippen LogP contribution in [-0.4, -0.2) is 88.1 Å². The molecule has 1 aliphatic heterocycles.